The summed E-state index contributed by atoms with van der Waals surface area (Å²) in [6.07, 6.45) is -0.857. The van der Waals surface area contributed by atoms with Crippen molar-refractivity contribution in [3.63, 3.8) is 0 Å². The molecule has 0 fully saturated rings. The number of carbonyl (C=O) groups excluding carboxylic acids is 2. The van der Waals surface area contributed by atoms with Gasteiger partial charge >= 0.3 is 0 Å². The van der Waals surface area contributed by atoms with E-state index in [9.17, 15) is 19.8 Å². The summed E-state index contributed by atoms with van der Waals surface area (Å²) >= 11 is 1.57. The molecule has 0 saturated heterocycles. The van der Waals surface area contributed by atoms with E-state index in [-0.39, 0.29) is 6.54 Å². The summed E-state index contributed by atoms with van der Waals surface area (Å²) in [4.78, 5) is 28.8. The van der Waals surface area contributed by atoms with Gasteiger partial charge in [0.15, 0.2) is 12.2 Å². The molecule has 8 heteroatoms. The maximum absolute atomic E-state index is 11.8. The molecule has 0 bridgehead atoms. The molecule has 0 aliphatic rings. The Bertz CT molecular complexity index is 664. The van der Waals surface area contributed by atoms with Gasteiger partial charge in [0, 0.05) is 36.3 Å². The molecule has 25 heavy (non-hydrogen) atoms. The summed E-state index contributed by atoms with van der Waals surface area (Å²) < 4.78 is 0. The molecular weight excluding hydrogens is 342 g/mol. The summed E-state index contributed by atoms with van der Waals surface area (Å²) in [7, 11) is 0. The number of nitrogens with zero attached hydrogens (tertiary/aromatic N) is 1. The van der Waals surface area contributed by atoms with Crippen molar-refractivity contribution in [3.05, 3.63) is 52.5 Å². The van der Waals surface area contributed by atoms with Crippen LogP contribution in [0.15, 0.2) is 41.9 Å². The molecule has 2 rings (SSSR count). The summed E-state index contributed by atoms with van der Waals surface area (Å²) in [5.41, 5.74) is 0.796. The minimum Gasteiger partial charge on any atom is -0.380 e. The minimum atomic E-state index is -1.81. The summed E-state index contributed by atoms with van der Waals surface area (Å²) in [6.45, 7) is 0.573. The van der Waals surface area contributed by atoms with Crippen molar-refractivity contribution < 1.29 is 19.8 Å². The molecule has 0 saturated carbocycles. The molecular formula is C17H21N3O4S. The summed E-state index contributed by atoms with van der Waals surface area (Å²) in [6, 6.07) is 9.30. The lowest BCUT2D eigenvalue weighted by molar-refractivity contribution is -0.146. The predicted molar refractivity (Wildman–Crippen MR) is 94.0 cm³/mol. The normalized spacial score (nSPS) is 13.0. The van der Waals surface area contributed by atoms with Crippen molar-refractivity contribution in [2.45, 2.75) is 25.0 Å². The number of hydrogen-bond donors (Lipinski definition) is 4. The van der Waals surface area contributed by atoms with Crippen LogP contribution in [-0.4, -0.2) is 52.3 Å². The van der Waals surface area contributed by atoms with Gasteiger partial charge in [0.1, 0.15) is 0 Å². The highest BCUT2D eigenvalue weighted by Crippen LogP contribution is 2.08. The van der Waals surface area contributed by atoms with E-state index in [0.717, 1.165) is 10.6 Å². The number of amides is 2. The zero-order valence-corrected chi connectivity index (χ0v) is 14.4. The van der Waals surface area contributed by atoms with Gasteiger partial charge in [0.25, 0.3) is 11.8 Å². The first-order valence-corrected chi connectivity index (χ1v) is 8.79. The monoisotopic (exact) mass is 363 g/mol. The zero-order chi connectivity index (χ0) is 18.1. The SMILES string of the molecule is O=C(NCCc1ccccn1)[C@H](O)[C@@H](O)C(=O)NCCc1cccs1. The van der Waals surface area contributed by atoms with Gasteiger partial charge in [-0.05, 0) is 30.0 Å². The molecule has 2 aromatic rings. The van der Waals surface area contributed by atoms with Crippen LogP contribution >= 0.6 is 11.3 Å². The van der Waals surface area contributed by atoms with E-state index < -0.39 is 24.0 Å². The quantitative estimate of drug-likeness (QED) is 0.496. The van der Waals surface area contributed by atoms with Gasteiger partial charge in [-0.1, -0.05) is 12.1 Å². The third-order valence-corrected chi connectivity index (χ3v) is 4.43. The van der Waals surface area contributed by atoms with Crippen LogP contribution in [0.4, 0.5) is 0 Å². The largest absolute Gasteiger partial charge is 0.380 e. The van der Waals surface area contributed by atoms with E-state index in [0.29, 0.717) is 19.4 Å². The second-order valence-electron chi connectivity index (χ2n) is 5.37. The fourth-order valence-electron chi connectivity index (χ4n) is 2.12. The summed E-state index contributed by atoms with van der Waals surface area (Å²) in [5, 5.41) is 26.5. The van der Waals surface area contributed by atoms with Crippen molar-refractivity contribution in [2.24, 2.45) is 0 Å². The minimum absolute atomic E-state index is 0.250. The Hall–Kier alpha value is -2.29. The molecule has 2 heterocycles. The Morgan fingerprint density at radius 3 is 2.24 bits per heavy atom. The number of pyridine rings is 1. The van der Waals surface area contributed by atoms with Crippen LogP contribution in [0.1, 0.15) is 10.6 Å². The molecule has 2 amide bonds. The van der Waals surface area contributed by atoms with Crippen LogP contribution in [-0.2, 0) is 22.4 Å². The lowest BCUT2D eigenvalue weighted by Crippen LogP contribution is -2.50. The molecule has 2 aromatic heterocycles. The molecule has 2 atom stereocenters. The van der Waals surface area contributed by atoms with Gasteiger partial charge in [-0.25, -0.2) is 0 Å². The molecule has 0 radical (unpaired) electrons. The van der Waals surface area contributed by atoms with Crippen LogP contribution in [0, 0.1) is 0 Å². The molecule has 0 aromatic carbocycles. The topological polar surface area (TPSA) is 112 Å². The smallest absolute Gasteiger partial charge is 0.252 e. The first kappa shape index (κ1) is 19.0. The fraction of sp³-hybridized carbons (Fsp3) is 0.353. The standard InChI is InChI=1S/C17H21N3O4S/c21-14(16(23)19-9-6-12-4-1-2-8-18-12)15(22)17(24)20-10-7-13-5-3-11-25-13/h1-5,8,11,14-15,21-22H,6-7,9-10H2,(H,19,23)(H,20,24)/t14-,15-/m1/s1. The lowest BCUT2D eigenvalue weighted by atomic mass is 10.1. The molecule has 0 aliphatic carbocycles. The van der Waals surface area contributed by atoms with E-state index >= 15 is 0 Å². The number of nitrogens with one attached hydrogen (secondary N) is 2. The number of aliphatic hydroxyl groups is 2. The Kier molecular flexibility index (Phi) is 7.52. The van der Waals surface area contributed by atoms with Gasteiger partial charge in [-0.15, -0.1) is 11.3 Å². The number of carbonyl (C=O) groups is 2. The Balaban J connectivity index is 1.69. The number of aromatic nitrogens is 1. The third-order valence-electron chi connectivity index (χ3n) is 3.49. The Morgan fingerprint density at radius 2 is 1.68 bits per heavy atom. The summed E-state index contributed by atoms with van der Waals surface area (Å²) in [5.74, 6) is -1.57. The van der Waals surface area contributed by atoms with Gasteiger partial charge in [-0.3, -0.25) is 14.6 Å². The number of rotatable bonds is 9. The average Bonchev–Trinajstić information content (AvgIpc) is 3.14. The highest BCUT2D eigenvalue weighted by molar-refractivity contribution is 7.09. The zero-order valence-electron chi connectivity index (χ0n) is 13.6. The lowest BCUT2D eigenvalue weighted by Gasteiger charge is -2.17. The highest BCUT2D eigenvalue weighted by Gasteiger charge is 2.29. The molecule has 0 spiro atoms. The molecule has 134 valence electrons. The van der Waals surface area contributed by atoms with Crippen LogP contribution < -0.4 is 10.6 Å². The molecule has 0 aliphatic heterocycles. The highest BCUT2D eigenvalue weighted by atomic mass is 32.1. The Labute approximate surface area is 149 Å². The number of aliphatic hydroxyl groups excluding tert-OH is 2. The predicted octanol–water partition coefficient (Wildman–Crippen LogP) is -0.118. The van der Waals surface area contributed by atoms with E-state index in [2.05, 4.69) is 15.6 Å². The second-order valence-corrected chi connectivity index (χ2v) is 6.40. The molecule has 4 N–H and O–H groups in total. The maximum Gasteiger partial charge on any atom is 0.252 e. The van der Waals surface area contributed by atoms with E-state index in [1.54, 1.807) is 23.6 Å². The van der Waals surface area contributed by atoms with Gasteiger partial charge < -0.3 is 20.8 Å². The Morgan fingerprint density at radius 1 is 1.00 bits per heavy atom. The van der Waals surface area contributed by atoms with E-state index in [4.69, 9.17) is 0 Å². The van der Waals surface area contributed by atoms with E-state index in [1.807, 2.05) is 29.6 Å². The van der Waals surface area contributed by atoms with Crippen molar-refractivity contribution in [1.82, 2.24) is 15.6 Å². The van der Waals surface area contributed by atoms with Crippen LogP contribution in [0.25, 0.3) is 0 Å². The van der Waals surface area contributed by atoms with Crippen LogP contribution in [0.2, 0.25) is 0 Å². The van der Waals surface area contributed by atoms with Crippen molar-refractivity contribution in [2.75, 3.05) is 13.1 Å². The van der Waals surface area contributed by atoms with Crippen molar-refractivity contribution >= 4 is 23.2 Å². The third kappa shape index (κ3) is 6.26. The number of thiophene rings is 1. The van der Waals surface area contributed by atoms with E-state index in [1.165, 1.54) is 0 Å². The van der Waals surface area contributed by atoms with Crippen LogP contribution in [0.5, 0.6) is 0 Å². The van der Waals surface area contributed by atoms with Gasteiger partial charge in [0.05, 0.1) is 0 Å². The van der Waals surface area contributed by atoms with Gasteiger partial charge in [0.2, 0.25) is 0 Å². The average molecular weight is 363 g/mol. The molecule has 0 unspecified atom stereocenters. The molecule has 7 nitrogen and oxygen atoms in total. The first-order valence-electron chi connectivity index (χ1n) is 7.92. The second kappa shape index (κ2) is 9.87. The van der Waals surface area contributed by atoms with Crippen molar-refractivity contribution in [3.8, 4) is 0 Å². The van der Waals surface area contributed by atoms with Gasteiger partial charge in [-0.2, -0.15) is 0 Å². The first-order chi connectivity index (χ1) is 12.1. The number of hydrogen-bond acceptors (Lipinski definition) is 6. The fourth-order valence-corrected chi connectivity index (χ4v) is 2.83. The van der Waals surface area contributed by atoms with Crippen LogP contribution in [0.3, 0.4) is 0 Å². The maximum atomic E-state index is 11.8. The van der Waals surface area contributed by atoms with Crippen molar-refractivity contribution in [1.29, 1.82) is 0 Å².